The highest BCUT2D eigenvalue weighted by Crippen LogP contribution is 2.35. The lowest BCUT2D eigenvalue weighted by molar-refractivity contribution is 0.690. The monoisotopic (exact) mass is 297 g/mol. The molecule has 112 valence electrons. The van der Waals surface area contributed by atoms with Gasteiger partial charge in [0.05, 0.1) is 5.69 Å². The summed E-state index contributed by atoms with van der Waals surface area (Å²) in [7, 11) is 0. The summed E-state index contributed by atoms with van der Waals surface area (Å²) in [6, 6.07) is 20.1. The van der Waals surface area contributed by atoms with Gasteiger partial charge in [-0.3, -0.25) is 0 Å². The molecule has 1 aliphatic carbocycles. The normalized spacial score (nSPS) is 14.3. The van der Waals surface area contributed by atoms with Gasteiger partial charge in [0.25, 0.3) is 0 Å². The molecular formula is C22H19N. The third-order valence-corrected chi connectivity index (χ3v) is 5.25. The quantitative estimate of drug-likeness (QED) is 0.399. The Bertz CT molecular complexity index is 1010. The Balaban J connectivity index is 1.86. The van der Waals surface area contributed by atoms with Crippen LogP contribution < -0.4 is 0 Å². The Morgan fingerprint density at radius 3 is 2.26 bits per heavy atom. The maximum absolute atomic E-state index is 2.36. The number of aryl methyl sites for hydroxylation is 2. The van der Waals surface area contributed by atoms with E-state index in [4.69, 9.17) is 0 Å². The molecule has 0 amide bonds. The van der Waals surface area contributed by atoms with E-state index in [-0.39, 0.29) is 0 Å². The van der Waals surface area contributed by atoms with Crippen LogP contribution in [0.4, 0.5) is 0 Å². The first kappa shape index (κ1) is 13.0. The fourth-order valence-corrected chi connectivity index (χ4v) is 4.13. The Labute approximate surface area is 136 Å². The fourth-order valence-electron chi connectivity index (χ4n) is 4.13. The number of benzene rings is 3. The lowest BCUT2D eigenvalue weighted by Gasteiger charge is -2.19. The van der Waals surface area contributed by atoms with E-state index in [9.17, 15) is 0 Å². The molecule has 1 nitrogen and oxygen atoms in total. The van der Waals surface area contributed by atoms with Crippen molar-refractivity contribution in [1.29, 1.82) is 0 Å². The van der Waals surface area contributed by atoms with Crippen LogP contribution in [-0.4, -0.2) is 4.57 Å². The number of fused-ring (bicyclic) bond motifs is 5. The van der Waals surface area contributed by atoms with Gasteiger partial charge in [0, 0.05) is 17.8 Å². The van der Waals surface area contributed by atoms with Crippen molar-refractivity contribution < 1.29 is 0 Å². The lowest BCUT2D eigenvalue weighted by Crippen LogP contribution is -2.03. The van der Waals surface area contributed by atoms with Crippen molar-refractivity contribution in [3.63, 3.8) is 0 Å². The topological polar surface area (TPSA) is 4.93 Å². The molecule has 5 rings (SSSR count). The van der Waals surface area contributed by atoms with Gasteiger partial charge in [0.1, 0.15) is 0 Å². The molecule has 0 saturated carbocycles. The average Bonchev–Trinajstić information content (AvgIpc) is 3.15. The Morgan fingerprint density at radius 2 is 1.35 bits per heavy atom. The van der Waals surface area contributed by atoms with Crippen LogP contribution in [0.3, 0.4) is 0 Å². The minimum atomic E-state index is 1.23. The van der Waals surface area contributed by atoms with Crippen molar-refractivity contribution in [3.8, 4) is 5.69 Å². The molecule has 0 aliphatic heterocycles. The minimum absolute atomic E-state index is 1.23. The number of rotatable bonds is 1. The third kappa shape index (κ3) is 1.93. The van der Waals surface area contributed by atoms with Gasteiger partial charge in [0.2, 0.25) is 0 Å². The molecule has 0 fully saturated rings. The molecule has 0 N–H and O–H groups in total. The zero-order chi connectivity index (χ0) is 15.2. The molecule has 1 heteroatoms. The van der Waals surface area contributed by atoms with Crippen LogP contribution >= 0.6 is 0 Å². The Kier molecular flexibility index (Phi) is 2.81. The molecule has 0 bridgehead atoms. The van der Waals surface area contributed by atoms with Gasteiger partial charge < -0.3 is 4.57 Å². The largest absolute Gasteiger partial charge is 0.323 e. The molecular weight excluding hydrogens is 278 g/mol. The average molecular weight is 297 g/mol. The summed E-state index contributed by atoms with van der Waals surface area (Å²) in [6.07, 6.45) is 9.37. The van der Waals surface area contributed by atoms with E-state index in [1.165, 1.54) is 52.9 Å². The first-order chi connectivity index (χ1) is 11.4. The predicted molar refractivity (Wildman–Crippen MR) is 97.4 cm³/mol. The lowest BCUT2D eigenvalue weighted by atomic mass is 9.86. The van der Waals surface area contributed by atoms with Crippen molar-refractivity contribution in [3.05, 3.63) is 78.1 Å². The van der Waals surface area contributed by atoms with Crippen molar-refractivity contribution in [1.82, 2.24) is 4.57 Å². The summed E-state index contributed by atoms with van der Waals surface area (Å²) in [5.41, 5.74) is 4.40. The number of aromatic nitrogens is 1. The molecule has 1 aromatic heterocycles. The molecule has 0 spiro atoms. The summed E-state index contributed by atoms with van der Waals surface area (Å²) in [5, 5.41) is 5.55. The van der Waals surface area contributed by atoms with E-state index < -0.39 is 0 Å². The van der Waals surface area contributed by atoms with Crippen molar-refractivity contribution in [2.45, 2.75) is 25.7 Å². The second-order valence-electron chi connectivity index (χ2n) is 6.53. The molecule has 0 saturated heterocycles. The molecule has 23 heavy (non-hydrogen) atoms. The van der Waals surface area contributed by atoms with E-state index in [0.29, 0.717) is 0 Å². The van der Waals surface area contributed by atoms with Gasteiger partial charge in [0.15, 0.2) is 0 Å². The molecule has 0 unspecified atom stereocenters. The van der Waals surface area contributed by atoms with Crippen molar-refractivity contribution in [2.24, 2.45) is 0 Å². The molecule has 0 radical (unpaired) electrons. The van der Waals surface area contributed by atoms with Gasteiger partial charge >= 0.3 is 0 Å². The van der Waals surface area contributed by atoms with E-state index in [0.717, 1.165) is 0 Å². The van der Waals surface area contributed by atoms with Crippen LogP contribution in [0.15, 0.2) is 67.0 Å². The van der Waals surface area contributed by atoms with Gasteiger partial charge in [-0.05, 0) is 71.2 Å². The van der Waals surface area contributed by atoms with Crippen molar-refractivity contribution >= 4 is 21.5 Å². The summed E-state index contributed by atoms with van der Waals surface area (Å²) < 4.78 is 2.20. The number of nitrogens with zero attached hydrogens (tertiary/aromatic N) is 1. The second kappa shape index (κ2) is 4.99. The molecule has 4 aromatic rings. The van der Waals surface area contributed by atoms with Crippen LogP contribution in [0.2, 0.25) is 0 Å². The molecule has 0 atom stereocenters. The highest BCUT2D eigenvalue weighted by Gasteiger charge is 2.14. The summed E-state index contributed by atoms with van der Waals surface area (Å²) in [5.74, 6) is 0. The van der Waals surface area contributed by atoms with Gasteiger partial charge in [-0.15, -0.1) is 0 Å². The van der Waals surface area contributed by atoms with Gasteiger partial charge in [-0.25, -0.2) is 0 Å². The van der Waals surface area contributed by atoms with Crippen LogP contribution in [0.5, 0.6) is 0 Å². The number of hydrogen-bond acceptors (Lipinski definition) is 0. The van der Waals surface area contributed by atoms with Gasteiger partial charge in [-0.1, -0.05) is 36.4 Å². The highest BCUT2D eigenvalue weighted by atomic mass is 14.9. The highest BCUT2D eigenvalue weighted by molar-refractivity contribution is 6.11. The standard InChI is InChI=1S/C22H19N/c1-2-7-17-16(6-1)10-11-20-18-8-5-9-22(23-14-3-4-15-23)21(18)13-12-19(17)20/h3-5,8-15H,1-2,6-7H2. The SMILES string of the molecule is c1cc(-n2cccc2)c2ccc3c4c(ccc3c2c1)CCCC4. The fraction of sp³-hybridized carbons (Fsp3) is 0.182. The third-order valence-electron chi connectivity index (χ3n) is 5.25. The summed E-state index contributed by atoms with van der Waals surface area (Å²) in [6.45, 7) is 0. The van der Waals surface area contributed by atoms with Crippen LogP contribution in [0.1, 0.15) is 24.0 Å². The predicted octanol–water partition coefficient (Wildman–Crippen LogP) is 5.66. The van der Waals surface area contributed by atoms with Crippen molar-refractivity contribution in [2.75, 3.05) is 0 Å². The van der Waals surface area contributed by atoms with E-state index in [1.807, 2.05) is 0 Å². The smallest absolute Gasteiger partial charge is 0.0527 e. The zero-order valence-corrected chi connectivity index (χ0v) is 13.1. The minimum Gasteiger partial charge on any atom is -0.323 e. The first-order valence-electron chi connectivity index (χ1n) is 8.51. The van der Waals surface area contributed by atoms with Gasteiger partial charge in [-0.2, -0.15) is 0 Å². The van der Waals surface area contributed by atoms with Crippen LogP contribution in [0, 0.1) is 0 Å². The van der Waals surface area contributed by atoms with E-state index >= 15 is 0 Å². The Morgan fingerprint density at radius 1 is 0.609 bits per heavy atom. The van der Waals surface area contributed by atoms with E-state index in [2.05, 4.69) is 71.6 Å². The summed E-state index contributed by atoms with van der Waals surface area (Å²) in [4.78, 5) is 0. The first-order valence-corrected chi connectivity index (χ1v) is 8.51. The number of hydrogen-bond donors (Lipinski definition) is 0. The maximum Gasteiger partial charge on any atom is 0.0527 e. The van der Waals surface area contributed by atoms with E-state index in [1.54, 1.807) is 11.1 Å². The van der Waals surface area contributed by atoms with Crippen LogP contribution in [0.25, 0.3) is 27.2 Å². The second-order valence-corrected chi connectivity index (χ2v) is 6.53. The zero-order valence-electron chi connectivity index (χ0n) is 13.1. The molecule has 3 aromatic carbocycles. The Hall–Kier alpha value is -2.54. The molecule has 1 aliphatic rings. The maximum atomic E-state index is 2.36. The van der Waals surface area contributed by atoms with Crippen LogP contribution in [-0.2, 0) is 12.8 Å². The summed E-state index contributed by atoms with van der Waals surface area (Å²) >= 11 is 0. The molecule has 1 heterocycles.